The van der Waals surface area contributed by atoms with Crippen LogP contribution in [0.15, 0.2) is 63.4 Å². The molecule has 0 atom stereocenters. The van der Waals surface area contributed by atoms with E-state index < -0.39 is 10.0 Å². The summed E-state index contributed by atoms with van der Waals surface area (Å²) in [4.78, 5) is 26.9. The van der Waals surface area contributed by atoms with Crippen molar-refractivity contribution in [2.45, 2.75) is 10.8 Å². The minimum absolute atomic E-state index is 0.204. The minimum atomic E-state index is -3.68. The van der Waals surface area contributed by atoms with Crippen molar-refractivity contribution >= 4 is 44.8 Å². The van der Waals surface area contributed by atoms with Crippen LogP contribution in [0, 0.1) is 0 Å². The van der Waals surface area contributed by atoms with E-state index in [0.29, 0.717) is 10.6 Å². The highest BCUT2D eigenvalue weighted by Gasteiger charge is 2.32. The molecule has 4 rings (SSSR count). The van der Waals surface area contributed by atoms with E-state index in [2.05, 4.69) is 5.32 Å². The molecule has 1 fully saturated rings. The summed E-state index contributed by atoms with van der Waals surface area (Å²) in [6.45, 7) is 1.19. The van der Waals surface area contributed by atoms with Crippen molar-refractivity contribution in [2.75, 3.05) is 26.2 Å². The van der Waals surface area contributed by atoms with Crippen molar-refractivity contribution in [3.05, 3.63) is 76.0 Å². The van der Waals surface area contributed by atoms with Gasteiger partial charge in [-0.25, -0.2) is 8.42 Å². The van der Waals surface area contributed by atoms with Gasteiger partial charge < -0.3 is 14.6 Å². The van der Waals surface area contributed by atoms with Crippen LogP contribution >= 0.6 is 22.9 Å². The van der Waals surface area contributed by atoms with Crippen LogP contribution in [0.4, 0.5) is 0 Å². The lowest BCUT2D eigenvalue weighted by Crippen LogP contribution is -2.50. The molecule has 2 amide bonds. The standard InChI is InChI=1S/C21H20ClN3O5S2/c22-16-5-3-15(4-6-16)20(26)23-14-17-7-8-19(31-17)32(28,29)25-11-9-24(10-12-25)21(27)18-2-1-13-30-18/h1-8,13H,9-12,14H2,(H,23,26). The van der Waals surface area contributed by atoms with E-state index in [-0.39, 0.29) is 54.5 Å². The fraction of sp³-hybridized carbons (Fsp3) is 0.238. The van der Waals surface area contributed by atoms with Crippen LogP contribution < -0.4 is 5.32 Å². The molecule has 0 saturated carbocycles. The molecule has 2 aromatic heterocycles. The molecule has 1 aliphatic rings. The number of hydrogen-bond acceptors (Lipinski definition) is 6. The Kier molecular flexibility index (Phi) is 6.66. The van der Waals surface area contributed by atoms with Crippen LogP contribution in [0.5, 0.6) is 0 Å². The topological polar surface area (TPSA) is 99.9 Å². The number of amides is 2. The summed E-state index contributed by atoms with van der Waals surface area (Å²) >= 11 is 6.95. The zero-order valence-electron chi connectivity index (χ0n) is 16.9. The minimum Gasteiger partial charge on any atom is -0.459 e. The summed E-state index contributed by atoms with van der Waals surface area (Å²) in [5.41, 5.74) is 0.473. The van der Waals surface area contributed by atoms with Crippen molar-refractivity contribution < 1.29 is 22.4 Å². The number of rotatable bonds is 6. The van der Waals surface area contributed by atoms with Gasteiger partial charge in [-0.2, -0.15) is 4.31 Å². The van der Waals surface area contributed by atoms with Gasteiger partial charge in [0.25, 0.3) is 21.8 Å². The predicted molar refractivity (Wildman–Crippen MR) is 120 cm³/mol. The molecule has 1 aromatic carbocycles. The van der Waals surface area contributed by atoms with E-state index in [1.54, 1.807) is 53.4 Å². The third-order valence-corrected chi connectivity index (χ3v) is 8.72. The Morgan fingerprint density at radius 1 is 1.03 bits per heavy atom. The van der Waals surface area contributed by atoms with E-state index >= 15 is 0 Å². The number of carbonyl (C=O) groups excluding carboxylic acids is 2. The molecule has 0 aliphatic carbocycles. The Hall–Kier alpha value is -2.66. The number of nitrogens with zero attached hydrogens (tertiary/aromatic N) is 2. The van der Waals surface area contributed by atoms with Gasteiger partial charge in [-0.05, 0) is 48.5 Å². The van der Waals surface area contributed by atoms with Gasteiger partial charge in [0.2, 0.25) is 0 Å². The van der Waals surface area contributed by atoms with Crippen LogP contribution in [-0.2, 0) is 16.6 Å². The summed E-state index contributed by atoms with van der Waals surface area (Å²) in [6.07, 6.45) is 1.43. The average molecular weight is 494 g/mol. The van der Waals surface area contributed by atoms with Gasteiger partial charge in [0.1, 0.15) is 4.21 Å². The molecule has 3 aromatic rings. The molecule has 1 aliphatic heterocycles. The predicted octanol–water partition coefficient (Wildman–Crippen LogP) is 3.07. The molecular formula is C21H20ClN3O5S2. The molecule has 0 bridgehead atoms. The summed E-state index contributed by atoms with van der Waals surface area (Å²) in [6, 6.07) is 13.0. The first-order valence-corrected chi connectivity index (χ1v) is 12.4. The highest BCUT2D eigenvalue weighted by atomic mass is 35.5. The second-order valence-corrected chi connectivity index (χ2v) is 10.9. The molecule has 3 heterocycles. The highest BCUT2D eigenvalue weighted by Crippen LogP contribution is 2.26. The lowest BCUT2D eigenvalue weighted by Gasteiger charge is -2.33. The molecule has 168 valence electrons. The number of carbonyl (C=O) groups is 2. The molecule has 1 saturated heterocycles. The number of piperazine rings is 1. The van der Waals surface area contributed by atoms with Crippen molar-refractivity contribution in [2.24, 2.45) is 0 Å². The lowest BCUT2D eigenvalue weighted by molar-refractivity contribution is 0.0666. The third-order valence-electron chi connectivity index (χ3n) is 5.02. The smallest absolute Gasteiger partial charge is 0.289 e. The van der Waals surface area contributed by atoms with E-state index in [0.717, 1.165) is 16.2 Å². The Morgan fingerprint density at radius 2 is 1.75 bits per heavy atom. The molecule has 0 spiro atoms. The van der Waals surface area contributed by atoms with Gasteiger partial charge in [-0.3, -0.25) is 9.59 Å². The van der Waals surface area contributed by atoms with E-state index in [1.807, 2.05) is 0 Å². The second-order valence-electron chi connectivity index (χ2n) is 7.08. The van der Waals surface area contributed by atoms with Crippen molar-refractivity contribution in [3.63, 3.8) is 0 Å². The van der Waals surface area contributed by atoms with Crippen molar-refractivity contribution in [3.8, 4) is 0 Å². The van der Waals surface area contributed by atoms with Crippen LogP contribution in [0.2, 0.25) is 5.02 Å². The van der Waals surface area contributed by atoms with Gasteiger partial charge in [-0.15, -0.1) is 11.3 Å². The maximum absolute atomic E-state index is 13.0. The van der Waals surface area contributed by atoms with Gasteiger partial charge in [-0.1, -0.05) is 11.6 Å². The molecule has 0 radical (unpaired) electrons. The zero-order valence-corrected chi connectivity index (χ0v) is 19.3. The summed E-state index contributed by atoms with van der Waals surface area (Å²) in [7, 11) is -3.68. The van der Waals surface area contributed by atoms with Crippen LogP contribution in [0.25, 0.3) is 0 Å². The van der Waals surface area contributed by atoms with E-state index in [9.17, 15) is 18.0 Å². The van der Waals surface area contributed by atoms with Crippen molar-refractivity contribution in [1.29, 1.82) is 0 Å². The number of halogens is 1. The molecule has 1 N–H and O–H groups in total. The first-order chi connectivity index (χ1) is 15.3. The largest absolute Gasteiger partial charge is 0.459 e. The van der Waals surface area contributed by atoms with Crippen LogP contribution in [-0.4, -0.2) is 55.6 Å². The second kappa shape index (κ2) is 9.45. The Balaban J connectivity index is 1.34. The molecule has 11 heteroatoms. The fourth-order valence-electron chi connectivity index (χ4n) is 3.28. The van der Waals surface area contributed by atoms with Gasteiger partial charge >= 0.3 is 0 Å². The maximum Gasteiger partial charge on any atom is 0.289 e. The normalized spacial score (nSPS) is 15.0. The number of thiophene rings is 1. The number of hydrogen-bond donors (Lipinski definition) is 1. The summed E-state index contributed by atoms with van der Waals surface area (Å²) in [5.74, 6) is -0.274. The maximum atomic E-state index is 13.0. The number of sulfonamides is 1. The number of furan rings is 1. The quantitative estimate of drug-likeness (QED) is 0.569. The third kappa shape index (κ3) is 4.88. The van der Waals surface area contributed by atoms with Crippen LogP contribution in [0.1, 0.15) is 25.8 Å². The SMILES string of the molecule is O=C(NCc1ccc(S(=O)(=O)N2CCN(C(=O)c3ccco3)CC2)s1)c1ccc(Cl)cc1. The van der Waals surface area contributed by atoms with E-state index in [4.69, 9.17) is 16.0 Å². The number of benzene rings is 1. The Morgan fingerprint density at radius 3 is 2.41 bits per heavy atom. The fourth-order valence-corrected chi connectivity index (χ4v) is 6.28. The summed E-state index contributed by atoms with van der Waals surface area (Å²) < 4.78 is 32.7. The number of nitrogens with one attached hydrogen (secondary N) is 1. The molecule has 8 nitrogen and oxygen atoms in total. The summed E-state index contributed by atoms with van der Waals surface area (Å²) in [5, 5.41) is 3.32. The van der Waals surface area contributed by atoms with Gasteiger partial charge in [0.15, 0.2) is 5.76 Å². The monoisotopic (exact) mass is 493 g/mol. The van der Waals surface area contributed by atoms with Crippen molar-refractivity contribution in [1.82, 2.24) is 14.5 Å². The first kappa shape index (κ1) is 22.5. The molecule has 32 heavy (non-hydrogen) atoms. The first-order valence-electron chi connectivity index (χ1n) is 9.80. The Bertz CT molecular complexity index is 1200. The van der Waals surface area contributed by atoms with Gasteiger partial charge in [0, 0.05) is 41.6 Å². The van der Waals surface area contributed by atoms with Gasteiger partial charge in [0.05, 0.1) is 12.8 Å². The molecular weight excluding hydrogens is 474 g/mol. The highest BCUT2D eigenvalue weighted by molar-refractivity contribution is 7.91. The zero-order chi connectivity index (χ0) is 22.7. The average Bonchev–Trinajstić information content (AvgIpc) is 3.50. The lowest BCUT2D eigenvalue weighted by atomic mass is 10.2. The molecule has 0 unspecified atom stereocenters. The van der Waals surface area contributed by atoms with Crippen LogP contribution in [0.3, 0.4) is 0 Å². The Labute approximate surface area is 194 Å². The van der Waals surface area contributed by atoms with E-state index in [1.165, 1.54) is 10.6 Å².